The number of carbonyl (C=O) groups is 1. The smallest absolute Gasteiger partial charge is 0.322 e. The molecule has 1 saturated heterocycles. The number of hydrogen-bond acceptors (Lipinski definition) is 4. The number of nitrogens with zero attached hydrogens (tertiary/aromatic N) is 3. The molecule has 10 heteroatoms. The first kappa shape index (κ1) is 18.9. The van der Waals surface area contributed by atoms with Crippen LogP contribution in [0.3, 0.4) is 0 Å². The van der Waals surface area contributed by atoms with Crippen LogP contribution < -0.4 is 5.32 Å². The van der Waals surface area contributed by atoms with Gasteiger partial charge in [0.2, 0.25) is 11.7 Å². The van der Waals surface area contributed by atoms with Gasteiger partial charge < -0.3 is 14.7 Å². The maximum atomic E-state index is 13.9. The van der Waals surface area contributed by atoms with E-state index in [0.717, 1.165) is 18.2 Å². The maximum absolute atomic E-state index is 13.9. The summed E-state index contributed by atoms with van der Waals surface area (Å²) in [6.07, 6.45) is 1.14. The molecule has 1 aliphatic heterocycles. The van der Waals surface area contributed by atoms with Gasteiger partial charge in [0.1, 0.15) is 29.3 Å². The minimum Gasteiger partial charge on any atom is -0.337 e. The Labute approximate surface area is 162 Å². The Bertz CT molecular complexity index is 1070. The molecule has 1 N–H and O–H groups in total. The van der Waals surface area contributed by atoms with Crippen molar-refractivity contribution in [1.29, 1.82) is 0 Å². The minimum absolute atomic E-state index is 0.0382. The Balaban J connectivity index is 1.54. The SMILES string of the molecule is O=C(Nc1ccc(F)cc1F)N1CCC[C@H]1c1nc(-c2ccc(F)cc2F)no1. The summed E-state index contributed by atoms with van der Waals surface area (Å²) in [6, 6.07) is 4.57. The van der Waals surface area contributed by atoms with E-state index in [4.69, 9.17) is 4.52 Å². The molecule has 0 bridgehead atoms. The van der Waals surface area contributed by atoms with Gasteiger partial charge in [-0.1, -0.05) is 5.16 Å². The molecule has 0 unspecified atom stereocenters. The van der Waals surface area contributed by atoms with Crippen molar-refractivity contribution in [3.05, 3.63) is 65.6 Å². The van der Waals surface area contributed by atoms with E-state index in [1.54, 1.807) is 0 Å². The van der Waals surface area contributed by atoms with E-state index in [9.17, 15) is 22.4 Å². The number of amides is 2. The summed E-state index contributed by atoms with van der Waals surface area (Å²) < 4.78 is 59.0. The molecule has 0 spiro atoms. The Hall–Kier alpha value is -3.43. The van der Waals surface area contributed by atoms with Gasteiger partial charge in [-0.2, -0.15) is 4.98 Å². The van der Waals surface area contributed by atoms with Gasteiger partial charge in [0.25, 0.3) is 0 Å². The largest absolute Gasteiger partial charge is 0.337 e. The first-order valence-corrected chi connectivity index (χ1v) is 8.74. The number of urea groups is 1. The lowest BCUT2D eigenvalue weighted by Gasteiger charge is -2.22. The third-order valence-corrected chi connectivity index (χ3v) is 4.59. The van der Waals surface area contributed by atoms with Gasteiger partial charge in [0.15, 0.2) is 0 Å². The second-order valence-electron chi connectivity index (χ2n) is 6.49. The summed E-state index contributed by atoms with van der Waals surface area (Å²) in [6.45, 7) is 0.349. The number of hydrogen-bond donors (Lipinski definition) is 1. The number of halogens is 4. The van der Waals surface area contributed by atoms with E-state index in [1.165, 1.54) is 11.0 Å². The predicted molar refractivity (Wildman–Crippen MR) is 93.7 cm³/mol. The average molecular weight is 406 g/mol. The van der Waals surface area contributed by atoms with Gasteiger partial charge in [-0.15, -0.1) is 0 Å². The highest BCUT2D eigenvalue weighted by atomic mass is 19.1. The molecular weight excluding hydrogens is 392 g/mol. The molecule has 0 radical (unpaired) electrons. The van der Waals surface area contributed by atoms with E-state index < -0.39 is 35.3 Å². The molecule has 1 aliphatic rings. The monoisotopic (exact) mass is 406 g/mol. The lowest BCUT2D eigenvalue weighted by molar-refractivity contribution is 0.193. The highest BCUT2D eigenvalue weighted by molar-refractivity contribution is 5.89. The van der Waals surface area contributed by atoms with Crippen LogP contribution in [-0.4, -0.2) is 27.6 Å². The molecular formula is C19H14F4N4O2. The van der Waals surface area contributed by atoms with Crippen molar-refractivity contribution in [3.8, 4) is 11.4 Å². The molecule has 4 rings (SSSR count). The van der Waals surface area contributed by atoms with E-state index in [1.807, 2.05) is 0 Å². The molecule has 0 aliphatic carbocycles. The number of benzene rings is 2. The van der Waals surface area contributed by atoms with Gasteiger partial charge in [0.05, 0.1) is 11.3 Å². The van der Waals surface area contributed by atoms with Gasteiger partial charge in [-0.3, -0.25) is 0 Å². The zero-order chi connectivity index (χ0) is 20.5. The highest BCUT2D eigenvalue weighted by Gasteiger charge is 2.34. The van der Waals surface area contributed by atoms with Crippen LogP contribution in [-0.2, 0) is 0 Å². The van der Waals surface area contributed by atoms with Crippen molar-refractivity contribution in [1.82, 2.24) is 15.0 Å². The van der Waals surface area contributed by atoms with Crippen LogP contribution in [0.15, 0.2) is 40.9 Å². The van der Waals surface area contributed by atoms with E-state index >= 15 is 0 Å². The normalized spacial score (nSPS) is 16.3. The number of carbonyl (C=O) groups excluding carboxylic acids is 1. The fraction of sp³-hybridized carbons (Fsp3) is 0.211. The summed E-state index contributed by atoms with van der Waals surface area (Å²) in [5.41, 5.74) is -0.203. The number of likely N-dealkylation sites (tertiary alicyclic amines) is 1. The molecule has 0 saturated carbocycles. The van der Waals surface area contributed by atoms with Crippen LogP contribution in [0.4, 0.5) is 28.0 Å². The van der Waals surface area contributed by atoms with Crippen LogP contribution in [0.1, 0.15) is 24.8 Å². The number of aromatic nitrogens is 2. The van der Waals surface area contributed by atoms with Crippen LogP contribution in [0.25, 0.3) is 11.4 Å². The van der Waals surface area contributed by atoms with Gasteiger partial charge in [-0.05, 0) is 37.1 Å². The van der Waals surface area contributed by atoms with Gasteiger partial charge in [0, 0.05) is 18.7 Å². The van der Waals surface area contributed by atoms with E-state index in [2.05, 4.69) is 15.5 Å². The zero-order valence-corrected chi connectivity index (χ0v) is 14.8. The Morgan fingerprint density at radius 3 is 2.52 bits per heavy atom. The van der Waals surface area contributed by atoms with Crippen LogP contribution >= 0.6 is 0 Å². The molecule has 150 valence electrons. The van der Waals surface area contributed by atoms with Crippen molar-refractivity contribution in [2.24, 2.45) is 0 Å². The molecule has 2 heterocycles. The summed E-state index contributed by atoms with van der Waals surface area (Å²) in [5, 5.41) is 6.10. The average Bonchev–Trinajstić information content (AvgIpc) is 3.33. The zero-order valence-electron chi connectivity index (χ0n) is 14.8. The van der Waals surface area contributed by atoms with Crippen molar-refractivity contribution >= 4 is 11.7 Å². The van der Waals surface area contributed by atoms with Crippen LogP contribution in [0, 0.1) is 23.3 Å². The van der Waals surface area contributed by atoms with Gasteiger partial charge in [-0.25, -0.2) is 22.4 Å². The maximum Gasteiger partial charge on any atom is 0.322 e. The summed E-state index contributed by atoms with van der Waals surface area (Å²) >= 11 is 0. The summed E-state index contributed by atoms with van der Waals surface area (Å²) in [7, 11) is 0. The Morgan fingerprint density at radius 2 is 1.79 bits per heavy atom. The summed E-state index contributed by atoms with van der Waals surface area (Å²) in [5.74, 6) is -3.23. The second kappa shape index (κ2) is 7.53. The highest BCUT2D eigenvalue weighted by Crippen LogP contribution is 2.33. The van der Waals surface area contributed by atoms with Crippen molar-refractivity contribution in [2.75, 3.05) is 11.9 Å². The summed E-state index contributed by atoms with van der Waals surface area (Å²) in [4.78, 5) is 18.1. The third kappa shape index (κ3) is 3.78. The van der Waals surface area contributed by atoms with Crippen molar-refractivity contribution in [3.63, 3.8) is 0 Å². The first-order valence-electron chi connectivity index (χ1n) is 8.74. The second-order valence-corrected chi connectivity index (χ2v) is 6.49. The molecule has 3 aromatic rings. The topological polar surface area (TPSA) is 71.3 Å². The molecule has 29 heavy (non-hydrogen) atoms. The number of rotatable bonds is 3. The number of anilines is 1. The number of nitrogens with one attached hydrogen (secondary N) is 1. The quantitative estimate of drug-likeness (QED) is 0.642. The fourth-order valence-corrected chi connectivity index (χ4v) is 3.20. The molecule has 1 aromatic heterocycles. The first-order chi connectivity index (χ1) is 13.9. The third-order valence-electron chi connectivity index (χ3n) is 4.59. The van der Waals surface area contributed by atoms with Crippen molar-refractivity contribution < 1.29 is 26.9 Å². The van der Waals surface area contributed by atoms with Crippen LogP contribution in [0.2, 0.25) is 0 Å². The Morgan fingerprint density at radius 1 is 1.07 bits per heavy atom. The lowest BCUT2D eigenvalue weighted by Crippen LogP contribution is -2.34. The van der Waals surface area contributed by atoms with E-state index in [0.29, 0.717) is 31.5 Å². The molecule has 6 nitrogen and oxygen atoms in total. The van der Waals surface area contributed by atoms with Gasteiger partial charge >= 0.3 is 6.03 Å². The molecule has 2 aromatic carbocycles. The van der Waals surface area contributed by atoms with E-state index in [-0.39, 0.29) is 23.0 Å². The minimum atomic E-state index is -0.902. The lowest BCUT2D eigenvalue weighted by atomic mass is 10.2. The fourth-order valence-electron chi connectivity index (χ4n) is 3.20. The van der Waals surface area contributed by atoms with Crippen molar-refractivity contribution in [2.45, 2.75) is 18.9 Å². The molecule has 1 atom stereocenters. The molecule has 2 amide bonds. The Kier molecular flexibility index (Phi) is 4.91. The molecule has 1 fully saturated rings. The van der Waals surface area contributed by atoms with Crippen LogP contribution in [0.5, 0.6) is 0 Å². The standard InChI is InChI=1S/C19H14F4N4O2/c20-10-3-5-12(13(22)8-10)17-25-18(29-26-17)16-2-1-7-27(16)19(28)24-15-6-4-11(21)9-14(15)23/h3-6,8-9,16H,1-2,7H2,(H,24,28)/t16-/m0/s1. The predicted octanol–water partition coefficient (Wildman–Crippen LogP) is 4.66.